The zero-order chi connectivity index (χ0) is 29.0. The Morgan fingerprint density at radius 1 is 1.05 bits per heavy atom. The van der Waals surface area contributed by atoms with E-state index in [0.29, 0.717) is 18.5 Å². The molecule has 0 spiro atoms. The summed E-state index contributed by atoms with van der Waals surface area (Å²) < 4.78 is 19.9. The van der Waals surface area contributed by atoms with E-state index >= 15 is 0 Å². The van der Waals surface area contributed by atoms with Crippen molar-refractivity contribution < 1.29 is 24.1 Å². The standard InChI is InChI=1S/C32H39ClFNO4/c1-20(39-19-23(36)18-35-32(5,6)17-21-11-14-28(33)29(34)15-21)24-9-7-8-10-25(24)22-12-13-26(30(37)38)27(16-22)31(2,3)4/h7-16,20,23,35-36H,17-19H2,1-6H3,(H,37,38)/t20?,23-/m1/s1. The summed E-state index contributed by atoms with van der Waals surface area (Å²) in [5, 5.41) is 23.7. The Morgan fingerprint density at radius 2 is 1.74 bits per heavy atom. The van der Waals surface area contributed by atoms with E-state index in [1.165, 1.54) is 6.07 Å². The minimum absolute atomic E-state index is 0.0969. The van der Waals surface area contributed by atoms with E-state index < -0.39 is 17.9 Å². The summed E-state index contributed by atoms with van der Waals surface area (Å²) in [6, 6.07) is 18.1. The zero-order valence-electron chi connectivity index (χ0n) is 23.5. The number of halogens is 2. The molecule has 1 unspecified atom stereocenters. The molecule has 3 aromatic rings. The van der Waals surface area contributed by atoms with Gasteiger partial charge in [0.1, 0.15) is 5.82 Å². The minimum Gasteiger partial charge on any atom is -0.478 e. The third kappa shape index (κ3) is 8.36. The molecule has 3 rings (SSSR count). The Kier molecular flexibility index (Phi) is 9.94. The molecule has 5 nitrogen and oxygen atoms in total. The second kappa shape index (κ2) is 12.6. The third-order valence-corrected chi connectivity index (χ3v) is 7.06. The van der Waals surface area contributed by atoms with Crippen molar-refractivity contribution in [1.82, 2.24) is 5.32 Å². The predicted molar refractivity (Wildman–Crippen MR) is 155 cm³/mol. The maximum Gasteiger partial charge on any atom is 0.335 e. The second-order valence-corrected chi connectivity index (χ2v) is 12.1. The van der Waals surface area contributed by atoms with E-state index in [4.69, 9.17) is 16.3 Å². The van der Waals surface area contributed by atoms with Crippen molar-refractivity contribution >= 4 is 17.6 Å². The first-order chi connectivity index (χ1) is 18.2. The molecular formula is C32H39ClFNO4. The fraction of sp³-hybridized carbons (Fsp3) is 0.406. The molecular weight excluding hydrogens is 517 g/mol. The van der Waals surface area contributed by atoms with Gasteiger partial charge in [0.05, 0.1) is 29.4 Å². The molecule has 0 heterocycles. The molecule has 0 aromatic heterocycles. The summed E-state index contributed by atoms with van der Waals surface area (Å²) in [6.07, 6.45) is -0.489. The largest absolute Gasteiger partial charge is 0.478 e. The Hall–Kier alpha value is -2.77. The zero-order valence-corrected chi connectivity index (χ0v) is 24.3. The Labute approximate surface area is 236 Å². The molecule has 0 aliphatic heterocycles. The van der Waals surface area contributed by atoms with Crippen LogP contribution in [0.4, 0.5) is 4.39 Å². The molecule has 0 saturated carbocycles. The minimum atomic E-state index is -0.942. The van der Waals surface area contributed by atoms with Crippen molar-refractivity contribution in [1.29, 1.82) is 0 Å². The first kappa shape index (κ1) is 30.8. The molecule has 3 aromatic carbocycles. The highest BCUT2D eigenvalue weighted by molar-refractivity contribution is 6.30. The number of carboxylic acids is 1. The van der Waals surface area contributed by atoms with Gasteiger partial charge in [-0.2, -0.15) is 0 Å². The van der Waals surface area contributed by atoms with E-state index in [9.17, 15) is 19.4 Å². The van der Waals surface area contributed by atoms with Crippen molar-refractivity contribution in [3.05, 3.63) is 93.8 Å². The molecule has 7 heteroatoms. The van der Waals surface area contributed by atoms with Crippen LogP contribution in [0.5, 0.6) is 0 Å². The van der Waals surface area contributed by atoms with Gasteiger partial charge in [0.2, 0.25) is 0 Å². The first-order valence-corrected chi connectivity index (χ1v) is 13.5. The number of benzene rings is 3. The van der Waals surface area contributed by atoms with Crippen LogP contribution >= 0.6 is 11.6 Å². The Balaban J connectivity index is 1.66. The van der Waals surface area contributed by atoms with Gasteiger partial charge in [0, 0.05) is 12.1 Å². The second-order valence-electron chi connectivity index (χ2n) is 11.7. The predicted octanol–water partition coefficient (Wildman–Crippen LogP) is 7.19. The Morgan fingerprint density at radius 3 is 2.38 bits per heavy atom. The number of aliphatic hydroxyl groups excluding tert-OH is 1. The molecule has 3 N–H and O–H groups in total. The molecule has 2 atom stereocenters. The highest BCUT2D eigenvalue weighted by Crippen LogP contribution is 2.35. The number of aliphatic hydroxyl groups is 1. The molecule has 0 aliphatic rings. The number of ether oxygens (including phenoxy) is 1. The first-order valence-electron chi connectivity index (χ1n) is 13.1. The Bertz CT molecular complexity index is 1300. The van der Waals surface area contributed by atoms with Gasteiger partial charge in [0.25, 0.3) is 0 Å². The topological polar surface area (TPSA) is 78.8 Å². The molecule has 0 saturated heterocycles. The fourth-order valence-corrected chi connectivity index (χ4v) is 4.77. The van der Waals surface area contributed by atoms with Gasteiger partial charge >= 0.3 is 5.97 Å². The van der Waals surface area contributed by atoms with Gasteiger partial charge in [-0.25, -0.2) is 9.18 Å². The highest BCUT2D eigenvalue weighted by atomic mass is 35.5. The van der Waals surface area contributed by atoms with Crippen molar-refractivity contribution in [2.24, 2.45) is 0 Å². The van der Waals surface area contributed by atoms with Gasteiger partial charge in [-0.05, 0) is 84.7 Å². The lowest BCUT2D eigenvalue weighted by Crippen LogP contribution is -2.46. The number of carbonyl (C=O) groups is 1. The molecule has 0 aliphatic carbocycles. The van der Waals surface area contributed by atoms with E-state index in [-0.39, 0.29) is 28.7 Å². The van der Waals surface area contributed by atoms with Crippen molar-refractivity contribution in [3.63, 3.8) is 0 Å². The molecule has 39 heavy (non-hydrogen) atoms. The molecule has 0 radical (unpaired) electrons. The number of hydrogen-bond donors (Lipinski definition) is 3. The quantitative estimate of drug-likeness (QED) is 0.233. The number of carboxylic acid groups (broad SMARTS) is 1. The number of hydrogen-bond acceptors (Lipinski definition) is 4. The maximum absolute atomic E-state index is 13.8. The summed E-state index contributed by atoms with van der Waals surface area (Å²) in [7, 11) is 0. The lowest BCUT2D eigenvalue weighted by Gasteiger charge is -2.28. The van der Waals surface area contributed by atoms with Crippen molar-refractivity contribution in [2.75, 3.05) is 13.2 Å². The number of rotatable bonds is 11. The van der Waals surface area contributed by atoms with Crippen LogP contribution in [0.15, 0.2) is 60.7 Å². The van der Waals surface area contributed by atoms with Gasteiger partial charge < -0.3 is 20.3 Å². The molecule has 0 bridgehead atoms. The average molecular weight is 556 g/mol. The van der Waals surface area contributed by atoms with Gasteiger partial charge in [0.15, 0.2) is 0 Å². The SMILES string of the molecule is CC(OC[C@H](O)CNC(C)(C)Cc1ccc(Cl)c(F)c1)c1ccccc1-c1ccc(C(=O)O)c(C(C)(C)C)c1. The summed E-state index contributed by atoms with van der Waals surface area (Å²) in [5.74, 6) is -1.39. The number of nitrogens with one attached hydrogen (secondary N) is 1. The van der Waals surface area contributed by atoms with Crippen molar-refractivity contribution in [2.45, 2.75) is 71.1 Å². The van der Waals surface area contributed by atoms with Crippen LogP contribution < -0.4 is 5.32 Å². The van der Waals surface area contributed by atoms with E-state index in [1.807, 2.05) is 77.9 Å². The normalized spacial score (nSPS) is 13.8. The van der Waals surface area contributed by atoms with Crippen LogP contribution in [0.25, 0.3) is 11.1 Å². The van der Waals surface area contributed by atoms with E-state index in [0.717, 1.165) is 27.8 Å². The van der Waals surface area contributed by atoms with Crippen LogP contribution in [0.3, 0.4) is 0 Å². The maximum atomic E-state index is 13.8. The molecule has 210 valence electrons. The van der Waals surface area contributed by atoms with E-state index in [2.05, 4.69) is 5.32 Å². The van der Waals surface area contributed by atoms with Crippen LogP contribution in [0.2, 0.25) is 5.02 Å². The fourth-order valence-electron chi connectivity index (χ4n) is 4.65. The third-order valence-electron chi connectivity index (χ3n) is 6.75. The summed E-state index contributed by atoms with van der Waals surface area (Å²) >= 11 is 5.79. The van der Waals surface area contributed by atoms with Gasteiger partial charge in [-0.1, -0.05) is 68.8 Å². The molecule has 0 fully saturated rings. The monoisotopic (exact) mass is 555 g/mol. The van der Waals surface area contributed by atoms with Crippen LogP contribution in [-0.2, 0) is 16.6 Å². The average Bonchev–Trinajstić information content (AvgIpc) is 2.87. The number of β-amino-alcohol motifs (C(OH)–C–C–N with tert-alkyl or cyclic N) is 1. The van der Waals surface area contributed by atoms with Crippen LogP contribution in [0.1, 0.15) is 74.7 Å². The highest BCUT2D eigenvalue weighted by Gasteiger charge is 2.24. The van der Waals surface area contributed by atoms with Crippen LogP contribution in [0, 0.1) is 5.82 Å². The lowest BCUT2D eigenvalue weighted by atomic mass is 9.81. The van der Waals surface area contributed by atoms with Gasteiger partial charge in [-0.15, -0.1) is 0 Å². The number of aromatic carboxylic acids is 1. The summed E-state index contributed by atoms with van der Waals surface area (Å²) in [4.78, 5) is 11.8. The lowest BCUT2D eigenvalue weighted by molar-refractivity contribution is -0.00397. The van der Waals surface area contributed by atoms with Crippen LogP contribution in [-0.4, -0.2) is 41.0 Å². The van der Waals surface area contributed by atoms with E-state index in [1.54, 1.807) is 18.2 Å². The smallest absolute Gasteiger partial charge is 0.335 e. The molecule has 0 amide bonds. The van der Waals surface area contributed by atoms with Crippen molar-refractivity contribution in [3.8, 4) is 11.1 Å². The van der Waals surface area contributed by atoms with Gasteiger partial charge in [-0.3, -0.25) is 0 Å². The summed E-state index contributed by atoms with van der Waals surface area (Å²) in [5.41, 5.74) is 3.98. The summed E-state index contributed by atoms with van der Waals surface area (Å²) in [6.45, 7) is 12.4.